The number of pyridine rings is 1. The lowest BCUT2D eigenvalue weighted by Gasteiger charge is -2.30. The summed E-state index contributed by atoms with van der Waals surface area (Å²) in [6.07, 6.45) is 3.61. The number of rotatable bonds is 5. The summed E-state index contributed by atoms with van der Waals surface area (Å²) in [6.45, 7) is 1.38. The Labute approximate surface area is 152 Å². The van der Waals surface area contributed by atoms with Gasteiger partial charge in [-0.1, -0.05) is 30.3 Å². The van der Waals surface area contributed by atoms with Crippen molar-refractivity contribution in [1.29, 1.82) is 0 Å². The number of hydrogen-bond acceptors (Lipinski definition) is 5. The van der Waals surface area contributed by atoms with Gasteiger partial charge in [0.25, 0.3) is 5.91 Å². The van der Waals surface area contributed by atoms with Gasteiger partial charge in [-0.15, -0.1) is 0 Å². The van der Waals surface area contributed by atoms with Gasteiger partial charge in [-0.2, -0.15) is 0 Å². The Bertz CT molecular complexity index is 757. The maximum Gasteiger partial charge on any atom is 0.344 e. The lowest BCUT2D eigenvalue weighted by molar-refractivity contribution is -0.142. The van der Waals surface area contributed by atoms with E-state index in [0.717, 1.165) is 19.3 Å². The minimum Gasteiger partial charge on any atom is -0.480 e. The molecule has 3 rings (SSSR count). The fourth-order valence-electron chi connectivity index (χ4n) is 3.05. The molecule has 1 atom stereocenters. The second-order valence-electron chi connectivity index (χ2n) is 6.14. The number of hydrogen-bond donors (Lipinski definition) is 0. The van der Waals surface area contributed by atoms with Crippen LogP contribution in [-0.2, 0) is 9.53 Å². The van der Waals surface area contributed by atoms with Crippen molar-refractivity contribution in [2.45, 2.75) is 25.4 Å². The minimum absolute atomic E-state index is 0.176. The van der Waals surface area contributed by atoms with Crippen molar-refractivity contribution in [3.63, 3.8) is 0 Å². The molecule has 1 aromatic heterocycles. The third kappa shape index (κ3) is 4.02. The smallest absolute Gasteiger partial charge is 0.344 e. The van der Waals surface area contributed by atoms with Crippen LogP contribution in [0.25, 0.3) is 0 Å². The van der Waals surface area contributed by atoms with Gasteiger partial charge >= 0.3 is 5.97 Å². The van der Waals surface area contributed by atoms with Crippen LogP contribution >= 0.6 is 0 Å². The number of esters is 1. The molecule has 6 nitrogen and oxygen atoms in total. The average Bonchev–Trinajstić information content (AvgIpc) is 2.72. The number of amides is 1. The molecule has 1 aliphatic heterocycles. The summed E-state index contributed by atoms with van der Waals surface area (Å²) in [6, 6.07) is 12.3. The van der Waals surface area contributed by atoms with E-state index >= 15 is 0 Å². The van der Waals surface area contributed by atoms with E-state index < -0.39 is 12.1 Å². The Morgan fingerprint density at radius 1 is 1.04 bits per heavy atom. The van der Waals surface area contributed by atoms with Gasteiger partial charge in [0.05, 0.1) is 7.11 Å². The third-order valence-electron chi connectivity index (χ3n) is 4.40. The maximum atomic E-state index is 13.0. The van der Waals surface area contributed by atoms with Crippen LogP contribution < -0.4 is 4.74 Å². The van der Waals surface area contributed by atoms with E-state index in [0.29, 0.717) is 18.7 Å². The van der Waals surface area contributed by atoms with Gasteiger partial charge in [-0.25, -0.2) is 9.78 Å². The second-order valence-corrected chi connectivity index (χ2v) is 6.14. The van der Waals surface area contributed by atoms with Crippen molar-refractivity contribution in [2.75, 3.05) is 20.2 Å². The lowest BCUT2D eigenvalue weighted by Crippen LogP contribution is -2.40. The molecular weight excluding hydrogens is 332 g/mol. The van der Waals surface area contributed by atoms with Gasteiger partial charge in [0.2, 0.25) is 12.0 Å². The van der Waals surface area contributed by atoms with Crippen LogP contribution in [0, 0.1) is 0 Å². The number of piperidine rings is 1. The summed E-state index contributed by atoms with van der Waals surface area (Å²) >= 11 is 0. The monoisotopic (exact) mass is 354 g/mol. The number of ether oxygens (including phenoxy) is 2. The predicted octanol–water partition coefficient (Wildman–Crippen LogP) is 3.00. The molecule has 0 saturated carbocycles. The molecule has 1 aliphatic rings. The first-order valence-electron chi connectivity index (χ1n) is 8.74. The Hall–Kier alpha value is -2.89. The van der Waals surface area contributed by atoms with E-state index in [1.165, 1.54) is 13.3 Å². The zero-order valence-corrected chi connectivity index (χ0v) is 14.8. The predicted molar refractivity (Wildman–Crippen MR) is 95.8 cm³/mol. The van der Waals surface area contributed by atoms with Gasteiger partial charge in [-0.3, -0.25) is 4.79 Å². The van der Waals surface area contributed by atoms with E-state index in [1.807, 2.05) is 18.2 Å². The van der Waals surface area contributed by atoms with Crippen LogP contribution in [0.2, 0.25) is 0 Å². The molecule has 1 saturated heterocycles. The molecule has 2 aromatic rings. The Balaban J connectivity index is 1.86. The van der Waals surface area contributed by atoms with Gasteiger partial charge in [-0.05, 0) is 31.4 Å². The zero-order chi connectivity index (χ0) is 18.4. The quantitative estimate of drug-likeness (QED) is 0.772. The number of likely N-dealkylation sites (tertiary alicyclic amines) is 1. The van der Waals surface area contributed by atoms with Gasteiger partial charge in [0.1, 0.15) is 5.56 Å². The van der Waals surface area contributed by atoms with E-state index in [-0.39, 0.29) is 17.4 Å². The Morgan fingerprint density at radius 3 is 2.46 bits per heavy atom. The maximum absolute atomic E-state index is 13.0. The normalized spacial score (nSPS) is 15.2. The van der Waals surface area contributed by atoms with Crippen LogP contribution in [0.4, 0.5) is 0 Å². The fraction of sp³-hybridized carbons (Fsp3) is 0.350. The summed E-state index contributed by atoms with van der Waals surface area (Å²) in [4.78, 5) is 31.5. The summed E-state index contributed by atoms with van der Waals surface area (Å²) in [7, 11) is 1.44. The van der Waals surface area contributed by atoms with Crippen molar-refractivity contribution < 1.29 is 19.1 Å². The SMILES string of the molecule is COc1ncccc1C(=O)OC(C(=O)N1CCCCC1)c1ccccc1. The van der Waals surface area contributed by atoms with Gasteiger partial charge in [0, 0.05) is 24.8 Å². The Morgan fingerprint density at radius 2 is 1.77 bits per heavy atom. The number of methoxy groups -OCH3 is 1. The van der Waals surface area contributed by atoms with Crippen molar-refractivity contribution in [2.24, 2.45) is 0 Å². The van der Waals surface area contributed by atoms with Crippen LogP contribution in [0.3, 0.4) is 0 Å². The molecule has 0 N–H and O–H groups in total. The molecule has 1 unspecified atom stereocenters. The first-order chi connectivity index (χ1) is 12.7. The molecule has 136 valence electrons. The zero-order valence-electron chi connectivity index (χ0n) is 14.8. The average molecular weight is 354 g/mol. The van der Waals surface area contributed by atoms with Crippen molar-refractivity contribution in [3.05, 3.63) is 59.8 Å². The summed E-state index contributed by atoms with van der Waals surface area (Å²) in [5, 5.41) is 0. The highest BCUT2D eigenvalue weighted by atomic mass is 16.6. The van der Waals surface area contributed by atoms with Crippen LogP contribution in [0.1, 0.15) is 41.3 Å². The molecule has 26 heavy (non-hydrogen) atoms. The first-order valence-corrected chi connectivity index (χ1v) is 8.74. The molecule has 0 radical (unpaired) electrons. The molecule has 0 bridgehead atoms. The van der Waals surface area contributed by atoms with Crippen LogP contribution in [0.5, 0.6) is 5.88 Å². The third-order valence-corrected chi connectivity index (χ3v) is 4.40. The molecule has 1 amide bonds. The summed E-state index contributed by atoms with van der Waals surface area (Å²) < 4.78 is 10.8. The number of benzene rings is 1. The van der Waals surface area contributed by atoms with Crippen molar-refractivity contribution in [1.82, 2.24) is 9.88 Å². The molecule has 2 heterocycles. The fourth-order valence-corrected chi connectivity index (χ4v) is 3.05. The van der Waals surface area contributed by atoms with Crippen molar-refractivity contribution in [3.8, 4) is 5.88 Å². The summed E-state index contributed by atoms with van der Waals surface area (Å²) in [5.41, 5.74) is 0.849. The van der Waals surface area contributed by atoms with E-state index in [9.17, 15) is 9.59 Å². The van der Waals surface area contributed by atoms with E-state index in [4.69, 9.17) is 9.47 Å². The minimum atomic E-state index is -0.980. The molecule has 1 fully saturated rings. The largest absolute Gasteiger partial charge is 0.480 e. The van der Waals surface area contributed by atoms with Gasteiger partial charge < -0.3 is 14.4 Å². The lowest BCUT2D eigenvalue weighted by atomic mass is 10.1. The number of carbonyl (C=O) groups is 2. The van der Waals surface area contributed by atoms with E-state index in [1.54, 1.807) is 29.2 Å². The number of aromatic nitrogens is 1. The molecule has 0 spiro atoms. The first kappa shape index (κ1) is 17.9. The number of nitrogens with zero attached hydrogens (tertiary/aromatic N) is 2. The highest BCUT2D eigenvalue weighted by Gasteiger charge is 2.31. The van der Waals surface area contributed by atoms with Gasteiger partial charge in [0.15, 0.2) is 0 Å². The Kier molecular flexibility index (Phi) is 5.84. The molecular formula is C20H22N2O4. The second kappa shape index (κ2) is 8.47. The number of carbonyl (C=O) groups excluding carboxylic acids is 2. The highest BCUT2D eigenvalue weighted by molar-refractivity contribution is 5.94. The van der Waals surface area contributed by atoms with Crippen LogP contribution in [0.15, 0.2) is 48.7 Å². The molecule has 1 aromatic carbocycles. The topological polar surface area (TPSA) is 68.7 Å². The van der Waals surface area contributed by atoms with Crippen molar-refractivity contribution >= 4 is 11.9 Å². The standard InChI is InChI=1S/C20H22N2O4/c1-25-18-16(11-8-12-21-18)20(24)26-17(15-9-4-2-5-10-15)19(23)22-13-6-3-7-14-22/h2,4-5,8-12,17H,3,6-7,13-14H2,1H3. The molecule has 6 heteroatoms. The van der Waals surface area contributed by atoms with E-state index in [2.05, 4.69) is 4.98 Å². The van der Waals surface area contributed by atoms with Crippen LogP contribution in [-0.4, -0.2) is 42.0 Å². The molecule has 0 aliphatic carbocycles. The summed E-state index contributed by atoms with van der Waals surface area (Å²) in [5.74, 6) is -0.643. The highest BCUT2D eigenvalue weighted by Crippen LogP contribution is 2.25.